The molecule has 13 heteroatoms. The van der Waals surface area contributed by atoms with Crippen LogP contribution in [-0.2, 0) is 33.2 Å². The zero-order chi connectivity index (χ0) is 37.5. The number of rotatable bonds is 10. The predicted octanol–water partition coefficient (Wildman–Crippen LogP) is 4.12. The first-order chi connectivity index (χ1) is 25.6. The lowest BCUT2D eigenvalue weighted by Crippen LogP contribution is -2.65. The van der Waals surface area contributed by atoms with Gasteiger partial charge in [-0.25, -0.2) is 19.2 Å². The molecule has 10 atom stereocenters. The molecule has 0 bridgehead atoms. The molecule has 13 nitrogen and oxygen atoms in total. The predicted molar refractivity (Wildman–Crippen MR) is 184 cm³/mol. The summed E-state index contributed by atoms with van der Waals surface area (Å²) >= 11 is 0. The third-order valence-corrected chi connectivity index (χ3v) is 8.80. The van der Waals surface area contributed by atoms with Crippen molar-refractivity contribution >= 4 is 23.9 Å². The van der Waals surface area contributed by atoms with E-state index in [-0.39, 0.29) is 22.3 Å². The second-order valence-corrected chi connectivity index (χ2v) is 12.5. The molecule has 2 aliphatic heterocycles. The van der Waals surface area contributed by atoms with E-state index >= 15 is 0 Å². The van der Waals surface area contributed by atoms with Gasteiger partial charge < -0.3 is 43.4 Å². The maximum atomic E-state index is 13.4. The van der Waals surface area contributed by atoms with Crippen molar-refractivity contribution in [2.75, 3.05) is 0 Å². The van der Waals surface area contributed by atoms with Crippen LogP contribution in [0, 0.1) is 0 Å². The number of hydrogen-bond acceptors (Lipinski definition) is 13. The highest BCUT2D eigenvalue weighted by Crippen LogP contribution is 2.34. The van der Waals surface area contributed by atoms with E-state index in [1.807, 2.05) is 0 Å². The van der Waals surface area contributed by atoms with Crippen LogP contribution in [0.15, 0.2) is 121 Å². The highest BCUT2D eigenvalue weighted by molar-refractivity contribution is 5.91. The van der Waals surface area contributed by atoms with Gasteiger partial charge >= 0.3 is 23.9 Å². The van der Waals surface area contributed by atoms with Crippen LogP contribution in [0.1, 0.15) is 55.3 Å². The molecule has 2 saturated heterocycles. The van der Waals surface area contributed by atoms with Gasteiger partial charge in [-0.3, -0.25) is 0 Å². The second kappa shape index (κ2) is 16.9. The number of ether oxygens (including phenoxy) is 7. The standard InChI is InChI=1S/C40H38O13/c1-23-30(49-35(42)25-15-7-3-8-16-25)29(41)32(51-37(44)27-19-11-5-12-20-27)40(48-23)53-33-31(50-36(43)26-17-9-4-10-18-26)24(2)47-39(46)34(33)52-38(45)28-21-13-6-14-22-28/h3-24,29-34,39-41,46H,1-2H3/t23-,24-,29+,30-,31-,32+,33+,34+,39+,40-/m0/s1. The van der Waals surface area contributed by atoms with Crippen LogP contribution in [0.2, 0.25) is 0 Å². The molecule has 4 aromatic carbocycles. The summed E-state index contributed by atoms with van der Waals surface area (Å²) in [6.45, 7) is 3.03. The quantitative estimate of drug-likeness (QED) is 0.177. The number of benzene rings is 4. The first-order valence-corrected chi connectivity index (χ1v) is 17.0. The van der Waals surface area contributed by atoms with Crippen molar-refractivity contribution in [1.82, 2.24) is 0 Å². The zero-order valence-electron chi connectivity index (χ0n) is 28.7. The topological polar surface area (TPSA) is 173 Å². The molecule has 4 aromatic rings. The normalized spacial score (nSPS) is 28.2. The van der Waals surface area contributed by atoms with Gasteiger partial charge in [-0.15, -0.1) is 0 Å². The van der Waals surface area contributed by atoms with Crippen LogP contribution in [0.5, 0.6) is 0 Å². The number of carbonyl (C=O) groups is 4. The SMILES string of the molecule is C[C@@H]1O[C@@H](O[C@@H]2[C@@H](OC(=O)c3ccccc3)[C@H](C)O[C@@H](O)[C@@H]2OC(=O)c2ccccc2)[C@H](OC(=O)c2ccccc2)[C@H](O)[C@H]1OC(=O)c1ccccc1. The van der Waals surface area contributed by atoms with Gasteiger partial charge in [-0.2, -0.15) is 0 Å². The minimum atomic E-state index is -1.79. The molecular formula is C40H38O13. The first-order valence-electron chi connectivity index (χ1n) is 17.0. The smallest absolute Gasteiger partial charge is 0.338 e. The van der Waals surface area contributed by atoms with Gasteiger partial charge in [0, 0.05) is 0 Å². The molecule has 0 saturated carbocycles. The highest BCUT2D eigenvalue weighted by Gasteiger charge is 2.55. The van der Waals surface area contributed by atoms with Crippen molar-refractivity contribution in [3.63, 3.8) is 0 Å². The van der Waals surface area contributed by atoms with Gasteiger partial charge in [0.1, 0.15) is 12.2 Å². The fourth-order valence-electron chi connectivity index (χ4n) is 6.04. The fraction of sp³-hybridized carbons (Fsp3) is 0.300. The number of aliphatic hydroxyl groups is 2. The summed E-state index contributed by atoms with van der Waals surface area (Å²) in [5, 5.41) is 22.9. The minimum Gasteiger partial charge on any atom is -0.453 e. The third-order valence-electron chi connectivity index (χ3n) is 8.80. The lowest BCUT2D eigenvalue weighted by atomic mass is 9.96. The maximum absolute atomic E-state index is 13.4. The van der Waals surface area contributed by atoms with Crippen LogP contribution in [-0.4, -0.2) is 95.5 Å². The maximum Gasteiger partial charge on any atom is 0.338 e. The Labute approximate surface area is 304 Å². The second-order valence-electron chi connectivity index (χ2n) is 12.5. The van der Waals surface area contributed by atoms with E-state index in [2.05, 4.69) is 0 Å². The average molecular weight is 727 g/mol. The number of esters is 4. The molecule has 2 fully saturated rings. The molecule has 0 aromatic heterocycles. The molecule has 0 spiro atoms. The van der Waals surface area contributed by atoms with E-state index in [4.69, 9.17) is 33.2 Å². The molecule has 2 heterocycles. The summed E-state index contributed by atoms with van der Waals surface area (Å²) in [7, 11) is 0. The van der Waals surface area contributed by atoms with Gasteiger partial charge in [0.2, 0.25) is 0 Å². The first kappa shape index (κ1) is 37.3. The van der Waals surface area contributed by atoms with E-state index in [0.29, 0.717) is 0 Å². The van der Waals surface area contributed by atoms with Crippen LogP contribution >= 0.6 is 0 Å². The number of aliphatic hydroxyl groups excluding tert-OH is 2. The molecule has 0 aliphatic carbocycles. The van der Waals surface area contributed by atoms with Gasteiger partial charge in [0.25, 0.3) is 0 Å². The third kappa shape index (κ3) is 8.79. The molecule has 2 N–H and O–H groups in total. The summed E-state index contributed by atoms with van der Waals surface area (Å²) in [5.74, 6) is -3.26. The molecule has 53 heavy (non-hydrogen) atoms. The van der Waals surface area contributed by atoms with Crippen LogP contribution in [0.25, 0.3) is 0 Å². The summed E-state index contributed by atoms with van der Waals surface area (Å²) in [5.41, 5.74) is 0.678. The Morgan fingerprint density at radius 3 is 1.21 bits per heavy atom. The Bertz CT molecular complexity index is 1770. The largest absolute Gasteiger partial charge is 0.453 e. The Morgan fingerprint density at radius 1 is 0.453 bits per heavy atom. The van der Waals surface area contributed by atoms with Gasteiger partial charge in [-0.05, 0) is 62.4 Å². The zero-order valence-corrected chi connectivity index (χ0v) is 28.7. The molecule has 0 unspecified atom stereocenters. The molecule has 6 rings (SSSR count). The summed E-state index contributed by atoms with van der Waals surface area (Å²) < 4.78 is 41.4. The lowest BCUT2D eigenvalue weighted by Gasteiger charge is -2.47. The monoisotopic (exact) mass is 726 g/mol. The van der Waals surface area contributed by atoms with Crippen LogP contribution in [0.4, 0.5) is 0 Å². The van der Waals surface area contributed by atoms with E-state index in [0.717, 1.165) is 0 Å². The molecule has 276 valence electrons. The molecule has 2 aliphatic rings. The highest BCUT2D eigenvalue weighted by atomic mass is 16.7. The molecule has 0 amide bonds. The van der Waals surface area contributed by atoms with Crippen LogP contribution < -0.4 is 0 Å². The summed E-state index contributed by atoms with van der Waals surface area (Å²) in [6.07, 6.45) is -14.8. The fourth-order valence-corrected chi connectivity index (χ4v) is 6.04. The Kier molecular flexibility index (Phi) is 11.9. The van der Waals surface area contributed by atoms with Crippen molar-refractivity contribution in [2.45, 2.75) is 75.3 Å². The number of carbonyl (C=O) groups excluding carboxylic acids is 4. The van der Waals surface area contributed by atoms with Crippen molar-refractivity contribution in [2.24, 2.45) is 0 Å². The number of hydrogen-bond donors (Lipinski definition) is 2. The van der Waals surface area contributed by atoms with E-state index < -0.39 is 85.3 Å². The van der Waals surface area contributed by atoms with Crippen LogP contribution in [0.3, 0.4) is 0 Å². The van der Waals surface area contributed by atoms with E-state index in [1.54, 1.807) is 72.8 Å². The van der Waals surface area contributed by atoms with E-state index in [1.165, 1.54) is 62.4 Å². The summed E-state index contributed by atoms with van der Waals surface area (Å²) in [6, 6.07) is 32.0. The van der Waals surface area contributed by atoms with Gasteiger partial charge in [0.05, 0.1) is 34.5 Å². The molecule has 0 radical (unpaired) electrons. The Balaban J connectivity index is 1.34. The Hall–Kier alpha value is -5.44. The van der Waals surface area contributed by atoms with Gasteiger partial charge in [-0.1, -0.05) is 72.8 Å². The average Bonchev–Trinajstić information content (AvgIpc) is 3.18. The summed E-state index contributed by atoms with van der Waals surface area (Å²) in [4.78, 5) is 53.2. The van der Waals surface area contributed by atoms with Crippen molar-refractivity contribution in [3.8, 4) is 0 Å². The molecular weight excluding hydrogens is 688 g/mol. The van der Waals surface area contributed by atoms with Gasteiger partial charge in [0.15, 0.2) is 37.0 Å². The lowest BCUT2D eigenvalue weighted by molar-refractivity contribution is -0.347. The van der Waals surface area contributed by atoms with Crippen molar-refractivity contribution < 1.29 is 62.5 Å². The Morgan fingerprint density at radius 2 is 0.792 bits per heavy atom. The van der Waals surface area contributed by atoms with Crippen molar-refractivity contribution in [3.05, 3.63) is 144 Å². The van der Waals surface area contributed by atoms with E-state index in [9.17, 15) is 29.4 Å². The van der Waals surface area contributed by atoms with Crippen molar-refractivity contribution in [1.29, 1.82) is 0 Å². The minimum absolute atomic E-state index is 0.134.